The average Bonchev–Trinajstić information content (AvgIpc) is 2.92. The first-order valence-corrected chi connectivity index (χ1v) is 9.17. The van der Waals surface area contributed by atoms with Gasteiger partial charge in [-0.1, -0.05) is 18.7 Å². The van der Waals surface area contributed by atoms with Crippen LogP contribution in [0.1, 0.15) is 61.8 Å². The zero-order chi connectivity index (χ0) is 19.9. The third-order valence-corrected chi connectivity index (χ3v) is 5.19. The molecule has 0 aliphatic carbocycles. The van der Waals surface area contributed by atoms with Gasteiger partial charge in [-0.25, -0.2) is 4.79 Å². The molecule has 0 atom stereocenters. The van der Waals surface area contributed by atoms with Crippen LogP contribution >= 0.6 is 0 Å². The molecule has 5 nitrogen and oxygen atoms in total. The summed E-state index contributed by atoms with van der Waals surface area (Å²) in [6.45, 7) is 20.2. The number of amides is 1. The van der Waals surface area contributed by atoms with Crippen LogP contribution in [0.3, 0.4) is 0 Å². The number of nitrogens with zero attached hydrogens (tertiary/aromatic N) is 1. The van der Waals surface area contributed by atoms with Crippen molar-refractivity contribution in [1.29, 1.82) is 0 Å². The van der Waals surface area contributed by atoms with Crippen molar-refractivity contribution >= 4 is 13.2 Å². The predicted octanol–water partition coefficient (Wildman–Crippen LogP) is 4.65. The molecular weight excluding hydrogens is 329 g/mol. The third-order valence-electron chi connectivity index (χ3n) is 5.19. The van der Waals surface area contributed by atoms with Crippen LogP contribution in [0.2, 0.25) is 0 Å². The van der Waals surface area contributed by atoms with Crippen molar-refractivity contribution in [2.45, 2.75) is 78.6 Å². The van der Waals surface area contributed by atoms with Crippen molar-refractivity contribution in [3.63, 3.8) is 0 Å². The number of allylic oxidation sites excluding steroid dienone is 4. The van der Waals surface area contributed by atoms with Crippen LogP contribution in [0.15, 0.2) is 35.5 Å². The molecule has 0 aromatic heterocycles. The van der Waals surface area contributed by atoms with Gasteiger partial charge < -0.3 is 14.0 Å². The van der Waals surface area contributed by atoms with E-state index in [1.165, 1.54) is 0 Å². The summed E-state index contributed by atoms with van der Waals surface area (Å²) in [6.07, 6.45) is 4.24. The van der Waals surface area contributed by atoms with E-state index in [1.807, 2.05) is 61.5 Å². The van der Waals surface area contributed by atoms with E-state index < -0.39 is 23.9 Å². The van der Waals surface area contributed by atoms with Gasteiger partial charge in [-0.2, -0.15) is 0 Å². The van der Waals surface area contributed by atoms with Gasteiger partial charge in [0.15, 0.2) is 0 Å². The molecule has 0 aromatic carbocycles. The lowest BCUT2D eigenvalue weighted by atomic mass is 9.77. The number of carbonyl (C=O) groups excluding carboxylic acids is 1. The minimum absolute atomic E-state index is 0.311. The normalized spacial score (nSPS) is 22.8. The van der Waals surface area contributed by atoms with E-state index >= 15 is 0 Å². The molecule has 0 radical (unpaired) electrons. The molecule has 0 bridgehead atoms. The highest BCUT2D eigenvalue weighted by molar-refractivity contribution is 6.55. The minimum Gasteiger partial charge on any atom is -0.443 e. The van der Waals surface area contributed by atoms with Gasteiger partial charge in [-0.15, -0.1) is 0 Å². The maximum absolute atomic E-state index is 12.4. The molecule has 2 rings (SSSR count). The molecule has 144 valence electrons. The molecule has 0 aromatic rings. The fraction of sp³-hybridized carbons (Fsp3) is 0.650. The Labute approximate surface area is 158 Å². The fourth-order valence-corrected chi connectivity index (χ4v) is 2.88. The highest BCUT2D eigenvalue weighted by Gasteiger charge is 2.52. The zero-order valence-electron chi connectivity index (χ0n) is 17.4. The van der Waals surface area contributed by atoms with Crippen molar-refractivity contribution in [2.75, 3.05) is 6.54 Å². The van der Waals surface area contributed by atoms with E-state index in [0.717, 1.165) is 23.2 Å². The van der Waals surface area contributed by atoms with Gasteiger partial charge in [-0.05, 0) is 72.9 Å². The lowest BCUT2D eigenvalue weighted by Gasteiger charge is -2.32. The Kier molecular flexibility index (Phi) is 5.51. The monoisotopic (exact) mass is 361 g/mol. The van der Waals surface area contributed by atoms with E-state index in [-0.39, 0.29) is 6.09 Å². The van der Waals surface area contributed by atoms with Gasteiger partial charge in [0.05, 0.1) is 11.2 Å². The second kappa shape index (κ2) is 6.89. The zero-order valence-corrected chi connectivity index (χ0v) is 17.4. The summed E-state index contributed by atoms with van der Waals surface area (Å²) in [5, 5.41) is 0. The van der Waals surface area contributed by atoms with Gasteiger partial charge in [0.1, 0.15) is 5.60 Å². The highest BCUT2D eigenvalue weighted by Crippen LogP contribution is 2.39. The predicted molar refractivity (Wildman–Crippen MR) is 105 cm³/mol. The van der Waals surface area contributed by atoms with Crippen LogP contribution in [-0.2, 0) is 14.0 Å². The van der Waals surface area contributed by atoms with E-state index in [9.17, 15) is 4.79 Å². The highest BCUT2D eigenvalue weighted by atomic mass is 16.7. The first-order valence-electron chi connectivity index (χ1n) is 9.17. The van der Waals surface area contributed by atoms with Crippen molar-refractivity contribution in [1.82, 2.24) is 4.90 Å². The smallest absolute Gasteiger partial charge is 0.443 e. The molecule has 2 aliphatic rings. The van der Waals surface area contributed by atoms with E-state index in [2.05, 4.69) is 6.58 Å². The van der Waals surface area contributed by atoms with E-state index in [4.69, 9.17) is 14.0 Å². The molecule has 2 heterocycles. The summed E-state index contributed by atoms with van der Waals surface area (Å²) < 4.78 is 17.7. The Bertz CT molecular complexity index is 639. The molecule has 0 saturated carbocycles. The first-order chi connectivity index (χ1) is 11.8. The maximum atomic E-state index is 12.4. The van der Waals surface area contributed by atoms with Crippen LogP contribution in [-0.4, -0.2) is 41.5 Å². The third kappa shape index (κ3) is 4.23. The number of hydrogen-bond donors (Lipinski definition) is 0. The SMILES string of the molecule is C=C/C(=C\C1=C(C)N(C(=O)OC(C)(C)C)CC1)B1OC(C)(C)C(C)(C)O1. The van der Waals surface area contributed by atoms with Crippen LogP contribution < -0.4 is 0 Å². The van der Waals surface area contributed by atoms with Gasteiger partial charge >= 0.3 is 13.2 Å². The Morgan fingerprint density at radius 2 is 1.77 bits per heavy atom. The molecular formula is C20H32BNO4. The van der Waals surface area contributed by atoms with Gasteiger partial charge in [0.25, 0.3) is 0 Å². The van der Waals surface area contributed by atoms with Gasteiger partial charge in [0.2, 0.25) is 0 Å². The van der Waals surface area contributed by atoms with Crippen molar-refractivity contribution in [3.05, 3.63) is 35.5 Å². The minimum atomic E-state index is -0.509. The summed E-state index contributed by atoms with van der Waals surface area (Å²) in [5.74, 6) is 0. The molecule has 0 unspecified atom stereocenters. The van der Waals surface area contributed by atoms with Crippen molar-refractivity contribution in [2.24, 2.45) is 0 Å². The number of hydrogen-bond acceptors (Lipinski definition) is 4. The van der Waals surface area contributed by atoms with Gasteiger partial charge in [-0.3, -0.25) is 4.90 Å². The molecule has 1 amide bonds. The average molecular weight is 361 g/mol. The Morgan fingerprint density at radius 3 is 2.23 bits per heavy atom. The summed E-state index contributed by atoms with van der Waals surface area (Å²) in [6, 6.07) is 0. The largest absolute Gasteiger partial charge is 0.494 e. The Morgan fingerprint density at radius 1 is 1.23 bits per heavy atom. The molecule has 2 aliphatic heterocycles. The molecule has 0 spiro atoms. The van der Waals surface area contributed by atoms with E-state index in [0.29, 0.717) is 6.54 Å². The summed E-state index contributed by atoms with van der Waals surface area (Å²) in [4.78, 5) is 14.1. The van der Waals surface area contributed by atoms with Crippen LogP contribution in [0, 0.1) is 0 Å². The molecule has 26 heavy (non-hydrogen) atoms. The first kappa shape index (κ1) is 20.8. The molecule has 1 saturated heterocycles. The van der Waals surface area contributed by atoms with E-state index in [1.54, 1.807) is 11.0 Å². The number of ether oxygens (including phenoxy) is 1. The Hall–Kier alpha value is -1.53. The topological polar surface area (TPSA) is 48.0 Å². The van der Waals surface area contributed by atoms with Crippen LogP contribution in [0.4, 0.5) is 4.79 Å². The van der Waals surface area contributed by atoms with Gasteiger partial charge in [0, 0.05) is 12.2 Å². The van der Waals surface area contributed by atoms with Crippen molar-refractivity contribution < 1.29 is 18.8 Å². The summed E-state index contributed by atoms with van der Waals surface area (Å²) >= 11 is 0. The van der Waals surface area contributed by atoms with Crippen molar-refractivity contribution in [3.8, 4) is 0 Å². The molecule has 1 fully saturated rings. The number of carbonyl (C=O) groups is 1. The second-order valence-corrected chi connectivity index (χ2v) is 8.93. The maximum Gasteiger partial charge on any atom is 0.494 e. The summed E-state index contributed by atoms with van der Waals surface area (Å²) in [7, 11) is -0.464. The quantitative estimate of drug-likeness (QED) is 0.543. The van der Waals surface area contributed by atoms with Crippen LogP contribution in [0.25, 0.3) is 0 Å². The second-order valence-electron chi connectivity index (χ2n) is 8.93. The summed E-state index contributed by atoms with van der Waals surface area (Å²) in [5.41, 5.74) is 1.52. The molecule has 6 heteroatoms. The number of rotatable bonds is 3. The fourth-order valence-electron chi connectivity index (χ4n) is 2.88. The Balaban J connectivity index is 2.22. The van der Waals surface area contributed by atoms with Crippen LogP contribution in [0.5, 0.6) is 0 Å². The lowest BCUT2D eigenvalue weighted by Crippen LogP contribution is -2.41. The lowest BCUT2D eigenvalue weighted by molar-refractivity contribution is 0.00578. The molecule has 0 N–H and O–H groups in total. The standard InChI is InChI=1S/C20H32BNO4/c1-10-16(21-25-19(6,7)20(8,9)26-21)13-15-11-12-22(14(15)2)17(23)24-18(3,4)5/h10,13H,1,11-12H2,2-9H3/b16-13+.